The second kappa shape index (κ2) is 4.61. The second-order valence-electron chi connectivity index (χ2n) is 4.64. The van der Waals surface area contributed by atoms with Gasteiger partial charge in [0, 0.05) is 22.5 Å². The van der Waals surface area contributed by atoms with Gasteiger partial charge in [0.2, 0.25) is 0 Å². The lowest BCUT2D eigenvalue weighted by Gasteiger charge is -2.13. The first-order valence-electron chi connectivity index (χ1n) is 5.76. The maximum atomic E-state index is 11.9. The van der Waals surface area contributed by atoms with E-state index in [1.165, 1.54) is 12.8 Å². The third kappa shape index (κ3) is 2.75. The number of nitrogens with two attached hydrogens (primary N) is 1. The molecule has 2 rings (SSSR count). The van der Waals surface area contributed by atoms with Crippen molar-refractivity contribution in [1.29, 1.82) is 0 Å². The number of carbonyl (C=O) groups excluding carboxylic acids is 1. The normalized spacial score (nSPS) is 16.6. The van der Waals surface area contributed by atoms with E-state index in [0.29, 0.717) is 10.3 Å². The first-order chi connectivity index (χ1) is 8.06. The van der Waals surface area contributed by atoms with E-state index in [9.17, 15) is 4.79 Å². The van der Waals surface area contributed by atoms with Crippen molar-refractivity contribution in [1.82, 2.24) is 5.32 Å². The first kappa shape index (κ1) is 12.3. The summed E-state index contributed by atoms with van der Waals surface area (Å²) < 4.78 is 0.304. The van der Waals surface area contributed by atoms with E-state index >= 15 is 0 Å². The number of anilines is 1. The van der Waals surface area contributed by atoms with Crippen molar-refractivity contribution in [2.45, 2.75) is 24.5 Å². The molecule has 1 saturated carbocycles. The number of benzene rings is 1. The third-order valence-electron chi connectivity index (χ3n) is 3.34. The van der Waals surface area contributed by atoms with Gasteiger partial charge in [-0.2, -0.15) is 11.8 Å². The Kier molecular flexibility index (Phi) is 3.33. The fourth-order valence-corrected chi connectivity index (χ4v) is 2.48. The van der Waals surface area contributed by atoms with Gasteiger partial charge in [-0.05, 0) is 49.8 Å². The van der Waals surface area contributed by atoms with Crippen LogP contribution >= 0.6 is 11.8 Å². The minimum atomic E-state index is -0.00609. The zero-order valence-electron chi connectivity index (χ0n) is 10.2. The Morgan fingerprint density at radius 1 is 1.53 bits per heavy atom. The molecule has 1 aromatic carbocycles. The molecule has 1 aromatic rings. The number of carbonyl (C=O) groups is 1. The van der Waals surface area contributed by atoms with Gasteiger partial charge in [-0.15, -0.1) is 0 Å². The summed E-state index contributed by atoms with van der Waals surface area (Å²) >= 11 is 1.85. The molecule has 0 saturated heterocycles. The number of amides is 1. The van der Waals surface area contributed by atoms with E-state index in [2.05, 4.69) is 11.6 Å². The van der Waals surface area contributed by atoms with Gasteiger partial charge in [0.05, 0.1) is 0 Å². The number of nitrogen functional groups attached to an aromatic ring is 1. The van der Waals surface area contributed by atoms with Gasteiger partial charge in [0.25, 0.3) is 5.91 Å². The summed E-state index contributed by atoms with van der Waals surface area (Å²) in [6, 6.07) is 5.39. The van der Waals surface area contributed by atoms with Crippen molar-refractivity contribution in [2.24, 2.45) is 0 Å². The fourth-order valence-electron chi connectivity index (χ4n) is 1.75. The molecule has 0 radical (unpaired) electrons. The molecule has 0 spiro atoms. The van der Waals surface area contributed by atoms with E-state index in [-0.39, 0.29) is 5.91 Å². The van der Waals surface area contributed by atoms with Crippen LogP contribution in [-0.4, -0.2) is 23.5 Å². The molecule has 1 aliphatic carbocycles. The molecule has 3 nitrogen and oxygen atoms in total. The molecule has 0 heterocycles. The lowest BCUT2D eigenvalue weighted by Crippen LogP contribution is -2.31. The van der Waals surface area contributed by atoms with Gasteiger partial charge in [0.1, 0.15) is 0 Å². The zero-order valence-corrected chi connectivity index (χ0v) is 11.1. The number of hydrogen-bond acceptors (Lipinski definition) is 3. The van der Waals surface area contributed by atoms with Crippen LogP contribution in [0.5, 0.6) is 0 Å². The van der Waals surface area contributed by atoms with E-state index in [1.807, 2.05) is 24.8 Å². The van der Waals surface area contributed by atoms with Crippen LogP contribution in [0.15, 0.2) is 18.2 Å². The summed E-state index contributed by atoms with van der Waals surface area (Å²) in [4.78, 5) is 11.9. The van der Waals surface area contributed by atoms with E-state index < -0.39 is 0 Å². The third-order valence-corrected chi connectivity index (χ3v) is 4.76. The number of hydrogen-bond donors (Lipinski definition) is 2. The van der Waals surface area contributed by atoms with Gasteiger partial charge >= 0.3 is 0 Å². The Morgan fingerprint density at radius 2 is 2.24 bits per heavy atom. The smallest absolute Gasteiger partial charge is 0.251 e. The number of nitrogens with one attached hydrogen (secondary N) is 1. The Hall–Kier alpha value is -1.16. The summed E-state index contributed by atoms with van der Waals surface area (Å²) in [7, 11) is 0. The highest BCUT2D eigenvalue weighted by Gasteiger charge is 2.41. The van der Waals surface area contributed by atoms with Crippen molar-refractivity contribution in [3.05, 3.63) is 29.3 Å². The zero-order chi connectivity index (χ0) is 12.5. The first-order valence-corrected chi connectivity index (χ1v) is 6.98. The Bertz CT molecular complexity index is 441. The van der Waals surface area contributed by atoms with Crippen molar-refractivity contribution in [3.63, 3.8) is 0 Å². The standard InChI is InChI=1S/C13H18N2OS/c1-9-7-10(3-4-11(9)14)12(16)15-8-13(17-2)5-6-13/h3-4,7H,5-6,8,14H2,1-2H3,(H,15,16). The van der Waals surface area contributed by atoms with Crippen LogP contribution in [0.2, 0.25) is 0 Å². The van der Waals surface area contributed by atoms with Gasteiger partial charge in [-0.3, -0.25) is 4.79 Å². The average Bonchev–Trinajstić information content (AvgIpc) is 3.10. The van der Waals surface area contributed by atoms with Crippen molar-refractivity contribution in [2.75, 3.05) is 18.5 Å². The molecule has 3 N–H and O–H groups in total. The monoisotopic (exact) mass is 250 g/mol. The van der Waals surface area contributed by atoms with Crippen LogP contribution in [0.4, 0.5) is 5.69 Å². The van der Waals surface area contributed by atoms with Crippen molar-refractivity contribution >= 4 is 23.4 Å². The highest BCUT2D eigenvalue weighted by molar-refractivity contribution is 8.00. The van der Waals surface area contributed by atoms with Gasteiger partial charge in [-0.1, -0.05) is 0 Å². The molecule has 92 valence electrons. The average molecular weight is 250 g/mol. The van der Waals surface area contributed by atoms with E-state index in [1.54, 1.807) is 12.1 Å². The quantitative estimate of drug-likeness (QED) is 0.806. The summed E-state index contributed by atoms with van der Waals surface area (Å²) in [5.74, 6) is -0.00609. The van der Waals surface area contributed by atoms with Crippen molar-refractivity contribution < 1.29 is 4.79 Å². The van der Waals surface area contributed by atoms with E-state index in [0.717, 1.165) is 17.8 Å². The van der Waals surface area contributed by atoms with Gasteiger partial charge in [-0.25, -0.2) is 0 Å². The fraction of sp³-hybridized carbons (Fsp3) is 0.462. The van der Waals surface area contributed by atoms with Crippen LogP contribution in [0, 0.1) is 6.92 Å². The van der Waals surface area contributed by atoms with Gasteiger partial charge < -0.3 is 11.1 Å². The van der Waals surface area contributed by atoms with E-state index in [4.69, 9.17) is 5.73 Å². The van der Waals surface area contributed by atoms with Crippen LogP contribution in [0.1, 0.15) is 28.8 Å². The van der Waals surface area contributed by atoms with Gasteiger partial charge in [0.15, 0.2) is 0 Å². The molecule has 4 heteroatoms. The molecule has 1 aliphatic rings. The minimum Gasteiger partial charge on any atom is -0.399 e. The van der Waals surface area contributed by atoms with Crippen LogP contribution < -0.4 is 11.1 Å². The SMILES string of the molecule is CSC1(CNC(=O)c2ccc(N)c(C)c2)CC1. The summed E-state index contributed by atoms with van der Waals surface area (Å²) in [6.45, 7) is 2.67. The molecule has 1 amide bonds. The van der Waals surface area contributed by atoms with Crippen LogP contribution in [0.3, 0.4) is 0 Å². The maximum Gasteiger partial charge on any atom is 0.251 e. The highest BCUT2D eigenvalue weighted by Crippen LogP contribution is 2.46. The molecule has 0 aliphatic heterocycles. The predicted molar refractivity (Wildman–Crippen MR) is 73.4 cm³/mol. The molecule has 17 heavy (non-hydrogen) atoms. The molecule has 0 aromatic heterocycles. The van der Waals surface area contributed by atoms with Crippen LogP contribution in [0.25, 0.3) is 0 Å². The summed E-state index contributed by atoms with van der Waals surface area (Å²) in [5.41, 5.74) is 8.09. The van der Waals surface area contributed by atoms with Crippen LogP contribution in [-0.2, 0) is 0 Å². The Balaban J connectivity index is 1.97. The molecular weight excluding hydrogens is 232 g/mol. The lowest BCUT2D eigenvalue weighted by molar-refractivity contribution is 0.0953. The molecule has 0 unspecified atom stereocenters. The van der Waals surface area contributed by atoms with Crippen molar-refractivity contribution in [3.8, 4) is 0 Å². The number of rotatable bonds is 4. The molecule has 0 atom stereocenters. The largest absolute Gasteiger partial charge is 0.399 e. The Labute approximate surface area is 106 Å². The molecular formula is C13H18N2OS. The predicted octanol–water partition coefficient (Wildman–Crippen LogP) is 2.20. The maximum absolute atomic E-state index is 11.9. The summed E-state index contributed by atoms with van der Waals surface area (Å²) in [5, 5.41) is 3.00. The lowest BCUT2D eigenvalue weighted by atomic mass is 10.1. The minimum absolute atomic E-state index is 0.00609. The number of aryl methyl sites for hydroxylation is 1. The summed E-state index contributed by atoms with van der Waals surface area (Å²) in [6.07, 6.45) is 4.51. The Morgan fingerprint density at radius 3 is 2.76 bits per heavy atom. The second-order valence-corrected chi connectivity index (χ2v) is 5.92. The highest BCUT2D eigenvalue weighted by atomic mass is 32.2. The molecule has 0 bridgehead atoms. The number of thioether (sulfide) groups is 1. The molecule has 1 fully saturated rings. The topological polar surface area (TPSA) is 55.1 Å².